The van der Waals surface area contributed by atoms with Gasteiger partial charge in [0.05, 0.1) is 11.7 Å². The Morgan fingerprint density at radius 2 is 2.15 bits per heavy atom. The highest BCUT2D eigenvalue weighted by Crippen LogP contribution is 2.18. The maximum Gasteiger partial charge on any atom is 0.0647 e. The van der Waals surface area contributed by atoms with E-state index in [1.165, 1.54) is 0 Å². The Hall–Kier alpha value is -0.520. The first-order chi connectivity index (χ1) is 6.02. The molecule has 0 aromatic carbocycles. The van der Waals surface area contributed by atoms with Crippen molar-refractivity contribution in [3.63, 3.8) is 0 Å². The maximum absolute atomic E-state index is 9.59. The number of terminal acetylenes is 1. The number of hydrogen-bond acceptors (Lipinski definition) is 2. The summed E-state index contributed by atoms with van der Waals surface area (Å²) in [4.78, 5) is 0. The fourth-order valence-corrected chi connectivity index (χ4v) is 1.19. The minimum Gasteiger partial charge on any atom is -0.393 e. The van der Waals surface area contributed by atoms with E-state index in [1.807, 2.05) is 13.8 Å². The Balaban J connectivity index is 3.62. The molecule has 0 aliphatic carbocycles. The Morgan fingerprint density at radius 1 is 1.54 bits per heavy atom. The molecule has 1 unspecified atom stereocenters. The fourth-order valence-electron chi connectivity index (χ4n) is 1.19. The van der Waals surface area contributed by atoms with Crippen LogP contribution in [0.4, 0.5) is 0 Å². The summed E-state index contributed by atoms with van der Waals surface area (Å²) in [6.07, 6.45) is 7.86. The van der Waals surface area contributed by atoms with Gasteiger partial charge < -0.3 is 9.84 Å². The van der Waals surface area contributed by atoms with E-state index in [0.717, 1.165) is 19.3 Å². The van der Waals surface area contributed by atoms with E-state index in [9.17, 15) is 5.11 Å². The van der Waals surface area contributed by atoms with Crippen LogP contribution >= 0.6 is 0 Å². The SMILES string of the molecule is C#CCCCC(O)CC(C)(C)OC. The van der Waals surface area contributed by atoms with Crippen LogP contribution < -0.4 is 0 Å². The summed E-state index contributed by atoms with van der Waals surface area (Å²) in [5.74, 6) is 2.56. The zero-order valence-electron chi connectivity index (χ0n) is 8.84. The summed E-state index contributed by atoms with van der Waals surface area (Å²) in [5, 5.41) is 9.59. The zero-order chi connectivity index (χ0) is 10.3. The summed E-state index contributed by atoms with van der Waals surface area (Å²) in [6, 6.07) is 0. The first kappa shape index (κ1) is 12.5. The summed E-state index contributed by atoms with van der Waals surface area (Å²) < 4.78 is 5.21. The van der Waals surface area contributed by atoms with Crippen LogP contribution in [0.25, 0.3) is 0 Å². The standard InChI is InChI=1S/C11H20O2/c1-5-6-7-8-10(12)9-11(2,3)13-4/h1,10,12H,6-9H2,2-4H3. The number of unbranched alkanes of at least 4 members (excludes halogenated alkanes) is 1. The summed E-state index contributed by atoms with van der Waals surface area (Å²) in [5.41, 5.74) is -0.241. The molecular formula is C11H20O2. The van der Waals surface area contributed by atoms with Gasteiger partial charge in [0.15, 0.2) is 0 Å². The van der Waals surface area contributed by atoms with Crippen LogP contribution in [-0.4, -0.2) is 23.9 Å². The van der Waals surface area contributed by atoms with Crippen molar-refractivity contribution in [1.29, 1.82) is 0 Å². The molecule has 0 amide bonds. The van der Waals surface area contributed by atoms with Crippen LogP contribution in [0.15, 0.2) is 0 Å². The third kappa shape index (κ3) is 6.62. The van der Waals surface area contributed by atoms with Crippen LogP contribution in [0.2, 0.25) is 0 Å². The van der Waals surface area contributed by atoms with Crippen molar-refractivity contribution in [2.75, 3.05) is 7.11 Å². The molecule has 0 bridgehead atoms. The summed E-state index contributed by atoms with van der Waals surface area (Å²) in [6.45, 7) is 3.94. The Labute approximate surface area is 81.3 Å². The van der Waals surface area contributed by atoms with Crippen molar-refractivity contribution in [3.05, 3.63) is 0 Å². The van der Waals surface area contributed by atoms with Crippen molar-refractivity contribution in [3.8, 4) is 12.3 Å². The monoisotopic (exact) mass is 184 g/mol. The van der Waals surface area contributed by atoms with Gasteiger partial charge in [-0.1, -0.05) is 0 Å². The summed E-state index contributed by atoms with van der Waals surface area (Å²) >= 11 is 0. The molecule has 0 saturated carbocycles. The molecule has 76 valence electrons. The lowest BCUT2D eigenvalue weighted by molar-refractivity contribution is -0.0213. The first-order valence-corrected chi connectivity index (χ1v) is 4.68. The number of hydrogen-bond donors (Lipinski definition) is 1. The number of ether oxygens (including phenoxy) is 1. The van der Waals surface area contributed by atoms with Crippen LogP contribution in [0.5, 0.6) is 0 Å². The van der Waals surface area contributed by atoms with Gasteiger partial charge in [-0.05, 0) is 26.7 Å². The lowest BCUT2D eigenvalue weighted by Gasteiger charge is -2.25. The van der Waals surface area contributed by atoms with Crippen molar-refractivity contribution in [2.45, 2.75) is 51.2 Å². The minimum absolute atomic E-state index is 0.241. The topological polar surface area (TPSA) is 29.5 Å². The normalized spacial score (nSPS) is 13.8. The lowest BCUT2D eigenvalue weighted by atomic mass is 9.97. The molecular weight excluding hydrogens is 164 g/mol. The molecule has 0 aromatic rings. The Morgan fingerprint density at radius 3 is 2.62 bits per heavy atom. The predicted molar refractivity (Wildman–Crippen MR) is 54.4 cm³/mol. The average molecular weight is 184 g/mol. The molecule has 0 saturated heterocycles. The highest BCUT2D eigenvalue weighted by Gasteiger charge is 2.20. The van der Waals surface area contributed by atoms with Crippen LogP contribution in [0.1, 0.15) is 39.5 Å². The van der Waals surface area contributed by atoms with E-state index in [2.05, 4.69) is 5.92 Å². The Bertz CT molecular complexity index is 167. The van der Waals surface area contributed by atoms with Gasteiger partial charge in [0.25, 0.3) is 0 Å². The molecule has 0 aliphatic heterocycles. The van der Waals surface area contributed by atoms with Gasteiger partial charge in [-0.15, -0.1) is 12.3 Å². The van der Waals surface area contributed by atoms with Crippen molar-refractivity contribution < 1.29 is 9.84 Å². The molecule has 1 atom stereocenters. The number of methoxy groups -OCH3 is 1. The smallest absolute Gasteiger partial charge is 0.0647 e. The number of rotatable bonds is 6. The molecule has 0 fully saturated rings. The van der Waals surface area contributed by atoms with Gasteiger partial charge in [-0.3, -0.25) is 0 Å². The molecule has 0 rings (SSSR count). The molecule has 0 aliphatic rings. The zero-order valence-corrected chi connectivity index (χ0v) is 8.84. The van der Waals surface area contributed by atoms with Gasteiger partial charge in [0, 0.05) is 20.0 Å². The minimum atomic E-state index is -0.303. The van der Waals surface area contributed by atoms with Crippen LogP contribution in [-0.2, 0) is 4.74 Å². The molecule has 13 heavy (non-hydrogen) atoms. The Kier molecular flexibility index (Phi) is 5.77. The predicted octanol–water partition coefficient (Wildman–Crippen LogP) is 1.97. The molecule has 0 radical (unpaired) electrons. The molecule has 1 N–H and O–H groups in total. The molecule has 0 heterocycles. The number of aliphatic hydroxyl groups excluding tert-OH is 1. The molecule has 0 spiro atoms. The van der Waals surface area contributed by atoms with E-state index < -0.39 is 0 Å². The van der Waals surface area contributed by atoms with E-state index in [-0.39, 0.29) is 11.7 Å². The van der Waals surface area contributed by atoms with E-state index in [4.69, 9.17) is 11.2 Å². The molecule has 2 heteroatoms. The van der Waals surface area contributed by atoms with E-state index in [1.54, 1.807) is 7.11 Å². The van der Waals surface area contributed by atoms with E-state index in [0.29, 0.717) is 6.42 Å². The fraction of sp³-hybridized carbons (Fsp3) is 0.818. The third-order valence-corrected chi connectivity index (χ3v) is 2.14. The summed E-state index contributed by atoms with van der Waals surface area (Å²) in [7, 11) is 1.66. The third-order valence-electron chi connectivity index (χ3n) is 2.14. The highest BCUT2D eigenvalue weighted by molar-refractivity contribution is 4.83. The average Bonchev–Trinajstić information content (AvgIpc) is 2.04. The van der Waals surface area contributed by atoms with Gasteiger partial charge in [-0.2, -0.15) is 0 Å². The first-order valence-electron chi connectivity index (χ1n) is 4.68. The second kappa shape index (κ2) is 6.01. The van der Waals surface area contributed by atoms with Gasteiger partial charge in [0.1, 0.15) is 0 Å². The van der Waals surface area contributed by atoms with Gasteiger partial charge >= 0.3 is 0 Å². The van der Waals surface area contributed by atoms with Crippen LogP contribution in [0, 0.1) is 12.3 Å². The van der Waals surface area contributed by atoms with Gasteiger partial charge in [0.2, 0.25) is 0 Å². The molecule has 0 aromatic heterocycles. The van der Waals surface area contributed by atoms with Gasteiger partial charge in [-0.25, -0.2) is 0 Å². The largest absolute Gasteiger partial charge is 0.393 e. The van der Waals surface area contributed by atoms with Crippen molar-refractivity contribution in [1.82, 2.24) is 0 Å². The van der Waals surface area contributed by atoms with Crippen molar-refractivity contribution >= 4 is 0 Å². The van der Waals surface area contributed by atoms with E-state index >= 15 is 0 Å². The highest BCUT2D eigenvalue weighted by atomic mass is 16.5. The lowest BCUT2D eigenvalue weighted by Crippen LogP contribution is -2.28. The number of aliphatic hydroxyl groups is 1. The maximum atomic E-state index is 9.59. The molecule has 2 nitrogen and oxygen atoms in total. The quantitative estimate of drug-likeness (QED) is 0.505. The van der Waals surface area contributed by atoms with Crippen LogP contribution in [0.3, 0.4) is 0 Å². The van der Waals surface area contributed by atoms with Crippen molar-refractivity contribution in [2.24, 2.45) is 0 Å². The second-order valence-corrected chi connectivity index (χ2v) is 3.92. The second-order valence-electron chi connectivity index (χ2n) is 3.92.